The summed E-state index contributed by atoms with van der Waals surface area (Å²) in [7, 11) is -3.97. The zero-order chi connectivity index (χ0) is 21.7. The third-order valence-electron chi connectivity index (χ3n) is 5.12. The lowest BCUT2D eigenvalue weighted by molar-refractivity contribution is -0.142. The van der Waals surface area contributed by atoms with Gasteiger partial charge in [-0.3, -0.25) is 0 Å². The van der Waals surface area contributed by atoms with Crippen molar-refractivity contribution in [2.45, 2.75) is 43.3 Å². The van der Waals surface area contributed by atoms with Crippen LogP contribution in [0.2, 0.25) is 0 Å². The number of benzene rings is 1. The topological polar surface area (TPSA) is 67.6 Å². The molecule has 0 saturated carbocycles. The van der Waals surface area contributed by atoms with Crippen LogP contribution in [0.25, 0.3) is 5.65 Å². The van der Waals surface area contributed by atoms with Gasteiger partial charge in [-0.2, -0.15) is 22.6 Å². The van der Waals surface area contributed by atoms with Crippen LogP contribution in [-0.4, -0.2) is 33.9 Å². The minimum atomic E-state index is -4.63. The maximum absolute atomic E-state index is 13.5. The molecule has 1 aliphatic heterocycles. The molecule has 1 aliphatic rings. The molecule has 0 N–H and O–H groups in total. The third kappa shape index (κ3) is 3.56. The Kier molecular flexibility index (Phi) is 5.05. The predicted octanol–water partition coefficient (Wildman–Crippen LogP) is 3.98. The number of hydrogen-bond acceptors (Lipinski definition) is 4. The van der Waals surface area contributed by atoms with Gasteiger partial charge in [-0.1, -0.05) is 6.92 Å². The molecule has 4 rings (SSSR count). The summed E-state index contributed by atoms with van der Waals surface area (Å²) < 4.78 is 81.7. The summed E-state index contributed by atoms with van der Waals surface area (Å²) in [5, 5.41) is 4.08. The Bertz CT molecular complexity index is 1190. The molecule has 1 fully saturated rings. The molecule has 1 atom stereocenters. The Hall–Kier alpha value is -2.53. The van der Waals surface area contributed by atoms with E-state index in [4.69, 9.17) is 0 Å². The van der Waals surface area contributed by atoms with Crippen LogP contribution >= 0.6 is 0 Å². The van der Waals surface area contributed by atoms with Crippen molar-refractivity contribution in [1.29, 1.82) is 0 Å². The lowest BCUT2D eigenvalue weighted by Crippen LogP contribution is -2.31. The van der Waals surface area contributed by atoms with Gasteiger partial charge in [0.25, 0.3) is 0 Å². The predicted molar refractivity (Wildman–Crippen MR) is 99.6 cm³/mol. The Balaban J connectivity index is 1.78. The van der Waals surface area contributed by atoms with Gasteiger partial charge >= 0.3 is 6.18 Å². The highest BCUT2D eigenvalue weighted by Crippen LogP contribution is 2.37. The zero-order valence-electron chi connectivity index (χ0n) is 15.9. The summed E-state index contributed by atoms with van der Waals surface area (Å²) >= 11 is 0. The number of rotatable bonds is 4. The second-order valence-corrected chi connectivity index (χ2v) is 8.94. The first kappa shape index (κ1) is 20.7. The molecule has 3 heterocycles. The fourth-order valence-electron chi connectivity index (χ4n) is 3.66. The van der Waals surface area contributed by atoms with Crippen LogP contribution < -0.4 is 0 Å². The fourth-order valence-corrected chi connectivity index (χ4v) is 5.32. The monoisotopic (exact) mass is 442 g/mol. The Labute approximate surface area is 170 Å². The van der Waals surface area contributed by atoms with Crippen molar-refractivity contribution >= 4 is 15.7 Å². The molecule has 11 heteroatoms. The maximum Gasteiger partial charge on any atom is 0.433 e. The number of aryl methyl sites for hydroxylation is 1. The molecular formula is C19H18F4N4O2S. The summed E-state index contributed by atoms with van der Waals surface area (Å²) in [6.45, 7) is 1.89. The fraction of sp³-hybridized carbons (Fsp3) is 0.368. The highest BCUT2D eigenvalue weighted by Gasteiger charge is 2.39. The summed E-state index contributed by atoms with van der Waals surface area (Å²) in [5.74, 6) is -0.565. The molecule has 3 aromatic rings. The largest absolute Gasteiger partial charge is 0.433 e. The molecule has 2 aromatic heterocycles. The Morgan fingerprint density at radius 2 is 1.87 bits per heavy atom. The minimum Gasteiger partial charge on any atom is -0.234 e. The van der Waals surface area contributed by atoms with Gasteiger partial charge < -0.3 is 0 Å². The van der Waals surface area contributed by atoms with E-state index in [2.05, 4.69) is 10.1 Å². The minimum absolute atomic E-state index is 0.0164. The van der Waals surface area contributed by atoms with E-state index in [1.165, 1.54) is 22.5 Å². The standard InChI is InChI=1S/C19H18F4N4O2S/c1-2-13-10-17(19(21,22)23)27-18(24-13)11-15(25-27)16-4-3-9-26(16)30(28,29)14-7-5-12(20)6-8-14/h5-8,10-11,16H,2-4,9H2,1H3. The van der Waals surface area contributed by atoms with Crippen molar-refractivity contribution in [3.63, 3.8) is 0 Å². The normalized spacial score (nSPS) is 18.4. The van der Waals surface area contributed by atoms with Crippen molar-refractivity contribution in [3.05, 3.63) is 59.3 Å². The summed E-state index contributed by atoms with van der Waals surface area (Å²) in [6, 6.07) is 6.06. The molecule has 0 amide bonds. The third-order valence-corrected chi connectivity index (χ3v) is 7.04. The number of hydrogen-bond donors (Lipinski definition) is 0. The van der Waals surface area contributed by atoms with Crippen molar-refractivity contribution in [2.24, 2.45) is 0 Å². The summed E-state index contributed by atoms with van der Waals surface area (Å²) in [4.78, 5) is 4.12. The number of fused-ring (bicyclic) bond motifs is 1. The molecule has 0 radical (unpaired) electrons. The van der Waals surface area contributed by atoms with Crippen LogP contribution in [0, 0.1) is 5.82 Å². The lowest BCUT2D eigenvalue weighted by Gasteiger charge is -2.22. The Morgan fingerprint density at radius 1 is 1.17 bits per heavy atom. The van der Waals surface area contributed by atoms with Crippen LogP contribution in [-0.2, 0) is 22.6 Å². The van der Waals surface area contributed by atoms with E-state index in [0.29, 0.717) is 19.3 Å². The van der Waals surface area contributed by atoms with Gasteiger partial charge in [0, 0.05) is 18.3 Å². The van der Waals surface area contributed by atoms with Crippen molar-refractivity contribution in [3.8, 4) is 0 Å². The summed E-state index contributed by atoms with van der Waals surface area (Å²) in [5.41, 5.74) is -0.475. The number of alkyl halides is 3. The first-order chi connectivity index (χ1) is 14.1. The molecular weight excluding hydrogens is 424 g/mol. The highest BCUT2D eigenvalue weighted by atomic mass is 32.2. The molecule has 0 aliphatic carbocycles. The van der Waals surface area contributed by atoms with Crippen molar-refractivity contribution < 1.29 is 26.0 Å². The smallest absolute Gasteiger partial charge is 0.234 e. The molecule has 30 heavy (non-hydrogen) atoms. The first-order valence-electron chi connectivity index (χ1n) is 9.35. The van der Waals surface area contributed by atoms with Crippen molar-refractivity contribution in [1.82, 2.24) is 18.9 Å². The van der Waals surface area contributed by atoms with E-state index in [0.717, 1.165) is 22.7 Å². The highest BCUT2D eigenvalue weighted by molar-refractivity contribution is 7.89. The van der Waals surface area contributed by atoms with E-state index < -0.39 is 33.8 Å². The molecule has 0 bridgehead atoms. The van der Waals surface area contributed by atoms with E-state index in [9.17, 15) is 26.0 Å². The van der Waals surface area contributed by atoms with Gasteiger partial charge in [0.15, 0.2) is 5.65 Å². The Morgan fingerprint density at radius 3 is 2.50 bits per heavy atom. The van der Waals surface area contributed by atoms with E-state index in [-0.39, 0.29) is 28.5 Å². The van der Waals surface area contributed by atoms with Crippen LogP contribution in [0.5, 0.6) is 0 Å². The lowest BCUT2D eigenvalue weighted by atomic mass is 10.2. The molecule has 6 nitrogen and oxygen atoms in total. The molecule has 1 saturated heterocycles. The van der Waals surface area contributed by atoms with E-state index in [1.807, 2.05) is 0 Å². The van der Waals surface area contributed by atoms with Gasteiger partial charge in [0.1, 0.15) is 11.5 Å². The zero-order valence-corrected chi connectivity index (χ0v) is 16.7. The average molecular weight is 442 g/mol. The average Bonchev–Trinajstić information content (AvgIpc) is 3.33. The van der Waals surface area contributed by atoms with E-state index in [1.54, 1.807) is 6.92 Å². The van der Waals surface area contributed by atoms with Crippen LogP contribution in [0.15, 0.2) is 41.3 Å². The van der Waals surface area contributed by atoms with Crippen LogP contribution in [0.1, 0.15) is 42.9 Å². The SMILES string of the molecule is CCc1cc(C(F)(F)F)n2nc(C3CCCN3S(=O)(=O)c3ccc(F)cc3)cc2n1. The van der Waals surface area contributed by atoms with Crippen LogP contribution in [0.3, 0.4) is 0 Å². The molecule has 1 aromatic carbocycles. The van der Waals surface area contributed by atoms with Gasteiger partial charge in [0.2, 0.25) is 10.0 Å². The second kappa shape index (κ2) is 7.31. The van der Waals surface area contributed by atoms with Crippen LogP contribution in [0.4, 0.5) is 17.6 Å². The second-order valence-electron chi connectivity index (χ2n) is 7.05. The molecule has 0 spiro atoms. The van der Waals surface area contributed by atoms with Gasteiger partial charge in [-0.05, 0) is 49.6 Å². The number of sulfonamides is 1. The first-order valence-corrected chi connectivity index (χ1v) is 10.8. The van der Waals surface area contributed by atoms with Gasteiger partial charge in [-0.25, -0.2) is 22.3 Å². The summed E-state index contributed by atoms with van der Waals surface area (Å²) in [6.07, 6.45) is -3.39. The molecule has 1 unspecified atom stereocenters. The quantitative estimate of drug-likeness (QED) is 0.574. The van der Waals surface area contributed by atoms with Gasteiger partial charge in [-0.15, -0.1) is 0 Å². The van der Waals surface area contributed by atoms with Gasteiger partial charge in [0.05, 0.1) is 16.6 Å². The maximum atomic E-state index is 13.5. The number of aromatic nitrogens is 3. The van der Waals surface area contributed by atoms with E-state index >= 15 is 0 Å². The number of halogens is 4. The molecule has 160 valence electrons. The van der Waals surface area contributed by atoms with Crippen molar-refractivity contribution in [2.75, 3.05) is 6.54 Å². The number of nitrogens with zero attached hydrogens (tertiary/aromatic N) is 4.